The molecule has 8 nitrogen and oxygen atoms in total. The van der Waals surface area contributed by atoms with Gasteiger partial charge in [0.05, 0.1) is 19.4 Å². The number of aromatic nitrogens is 4. The molecule has 4 rings (SSSR count). The Labute approximate surface area is 177 Å². The molecule has 30 heavy (non-hydrogen) atoms. The van der Waals surface area contributed by atoms with Gasteiger partial charge < -0.3 is 14.8 Å². The summed E-state index contributed by atoms with van der Waals surface area (Å²) in [6, 6.07) is 12.7. The minimum atomic E-state index is -0.249. The molecule has 0 aliphatic carbocycles. The molecule has 0 aliphatic rings. The van der Waals surface area contributed by atoms with Crippen molar-refractivity contribution in [2.45, 2.75) is 20.3 Å². The van der Waals surface area contributed by atoms with Gasteiger partial charge in [0.1, 0.15) is 16.5 Å². The molecule has 0 fully saturated rings. The number of carbonyl (C=O) groups excluding carboxylic acids is 1. The van der Waals surface area contributed by atoms with Crippen molar-refractivity contribution in [3.8, 4) is 22.1 Å². The van der Waals surface area contributed by atoms with Crippen LogP contribution in [0.2, 0.25) is 0 Å². The summed E-state index contributed by atoms with van der Waals surface area (Å²) in [5, 5.41) is 16.4. The Hall–Kier alpha value is -3.46. The number of benzene rings is 2. The molecule has 154 valence electrons. The highest BCUT2D eigenvalue weighted by molar-refractivity contribution is 7.19. The lowest BCUT2D eigenvalue weighted by Crippen LogP contribution is -2.13. The third-order valence-electron chi connectivity index (χ3n) is 4.41. The number of hydrogen-bond donors (Lipinski definition) is 1. The van der Waals surface area contributed by atoms with Crippen molar-refractivity contribution in [2.24, 2.45) is 0 Å². The van der Waals surface area contributed by atoms with Gasteiger partial charge in [-0.1, -0.05) is 24.3 Å². The lowest BCUT2D eigenvalue weighted by molar-refractivity contribution is 0.102. The van der Waals surface area contributed by atoms with Crippen molar-refractivity contribution < 1.29 is 14.3 Å². The molecule has 0 unspecified atom stereocenters. The van der Waals surface area contributed by atoms with Crippen LogP contribution >= 0.6 is 11.3 Å². The Bertz CT molecular complexity index is 1200. The van der Waals surface area contributed by atoms with E-state index >= 15 is 0 Å². The number of ether oxygens (including phenoxy) is 2. The lowest BCUT2D eigenvalue weighted by atomic mass is 10.1. The van der Waals surface area contributed by atoms with Gasteiger partial charge in [-0.25, -0.2) is 0 Å². The molecular formula is C21H21N5O3S. The Balaban J connectivity index is 1.61. The fourth-order valence-corrected chi connectivity index (χ4v) is 3.79. The summed E-state index contributed by atoms with van der Waals surface area (Å²) in [6.07, 6.45) is 0.900. The third-order valence-corrected chi connectivity index (χ3v) is 5.36. The van der Waals surface area contributed by atoms with E-state index < -0.39 is 0 Å². The van der Waals surface area contributed by atoms with Gasteiger partial charge in [0, 0.05) is 11.1 Å². The van der Waals surface area contributed by atoms with E-state index in [4.69, 9.17) is 9.47 Å². The highest BCUT2D eigenvalue weighted by Gasteiger charge is 2.15. The molecule has 0 saturated carbocycles. The van der Waals surface area contributed by atoms with Gasteiger partial charge in [0.25, 0.3) is 5.91 Å². The summed E-state index contributed by atoms with van der Waals surface area (Å²) in [4.78, 5) is 13.6. The topological polar surface area (TPSA) is 90.6 Å². The van der Waals surface area contributed by atoms with E-state index in [9.17, 15) is 4.79 Å². The molecule has 0 saturated heterocycles. The number of methoxy groups -OCH3 is 1. The van der Waals surface area contributed by atoms with E-state index in [1.807, 2.05) is 32.0 Å². The Morgan fingerprint density at radius 2 is 2.07 bits per heavy atom. The molecule has 0 aliphatic heterocycles. The normalized spacial score (nSPS) is 10.9. The van der Waals surface area contributed by atoms with Crippen LogP contribution in [-0.2, 0) is 0 Å². The Kier molecular flexibility index (Phi) is 5.62. The van der Waals surface area contributed by atoms with Crippen LogP contribution in [0.25, 0.3) is 15.5 Å². The van der Waals surface area contributed by atoms with Crippen LogP contribution in [0.5, 0.6) is 11.5 Å². The number of carbonyl (C=O) groups is 1. The molecule has 1 N–H and O–H groups in total. The van der Waals surface area contributed by atoms with Crippen molar-refractivity contribution in [2.75, 3.05) is 19.0 Å². The highest BCUT2D eigenvalue weighted by atomic mass is 32.1. The SMILES string of the molecule is CCCOc1cccc(C(=O)Nc2cc(-c3nn4c(C)nnc4s3)ccc2OC)c1. The highest BCUT2D eigenvalue weighted by Crippen LogP contribution is 2.33. The first-order chi connectivity index (χ1) is 14.6. The largest absolute Gasteiger partial charge is 0.495 e. The molecule has 0 bridgehead atoms. The Morgan fingerprint density at radius 1 is 1.20 bits per heavy atom. The number of amides is 1. The van der Waals surface area contributed by atoms with Crippen molar-refractivity contribution >= 4 is 27.9 Å². The van der Waals surface area contributed by atoms with E-state index in [0.717, 1.165) is 22.8 Å². The van der Waals surface area contributed by atoms with E-state index in [-0.39, 0.29) is 5.91 Å². The standard InChI is InChI=1S/C21H21N5O3S/c1-4-10-29-16-7-5-6-14(11-16)19(27)22-17-12-15(8-9-18(17)28-3)20-25-26-13(2)23-24-21(26)30-20/h5-9,11-12H,4,10H2,1-3H3,(H,22,27). The second-order valence-electron chi connectivity index (χ2n) is 6.59. The van der Waals surface area contributed by atoms with Crippen molar-refractivity contribution in [1.29, 1.82) is 0 Å². The maximum Gasteiger partial charge on any atom is 0.255 e. The smallest absolute Gasteiger partial charge is 0.255 e. The van der Waals surface area contributed by atoms with Gasteiger partial charge in [0.2, 0.25) is 4.96 Å². The summed E-state index contributed by atoms with van der Waals surface area (Å²) < 4.78 is 12.8. The molecule has 2 heterocycles. The second kappa shape index (κ2) is 8.50. The number of nitrogens with zero attached hydrogens (tertiary/aromatic N) is 4. The number of anilines is 1. The van der Waals surface area contributed by atoms with Gasteiger partial charge in [0.15, 0.2) is 5.82 Å². The zero-order valence-electron chi connectivity index (χ0n) is 16.9. The van der Waals surface area contributed by atoms with Crippen LogP contribution in [0.15, 0.2) is 42.5 Å². The molecule has 1 amide bonds. The summed E-state index contributed by atoms with van der Waals surface area (Å²) in [6.45, 7) is 4.49. The second-order valence-corrected chi connectivity index (χ2v) is 7.55. The van der Waals surface area contributed by atoms with Crippen LogP contribution in [0.4, 0.5) is 5.69 Å². The molecular weight excluding hydrogens is 402 g/mol. The molecule has 0 radical (unpaired) electrons. The minimum absolute atomic E-state index is 0.249. The predicted octanol–water partition coefficient (Wildman–Crippen LogP) is 4.21. The van der Waals surface area contributed by atoms with Gasteiger partial charge in [-0.05, 0) is 49.7 Å². The lowest BCUT2D eigenvalue weighted by Gasteiger charge is -2.12. The van der Waals surface area contributed by atoms with Gasteiger partial charge >= 0.3 is 0 Å². The van der Waals surface area contributed by atoms with Crippen molar-refractivity contribution in [3.63, 3.8) is 0 Å². The first kappa shape index (κ1) is 19.8. The zero-order chi connectivity index (χ0) is 21.1. The molecule has 4 aromatic rings. The molecule has 2 aromatic carbocycles. The fourth-order valence-electron chi connectivity index (χ4n) is 2.91. The van der Waals surface area contributed by atoms with Gasteiger partial charge in [-0.2, -0.15) is 9.61 Å². The van der Waals surface area contributed by atoms with Gasteiger partial charge in [-0.3, -0.25) is 4.79 Å². The Morgan fingerprint density at radius 3 is 2.83 bits per heavy atom. The van der Waals surface area contributed by atoms with Crippen LogP contribution in [0.1, 0.15) is 29.5 Å². The number of hydrogen-bond acceptors (Lipinski definition) is 7. The van der Waals surface area contributed by atoms with Crippen molar-refractivity contribution in [1.82, 2.24) is 19.8 Å². The number of nitrogens with one attached hydrogen (secondary N) is 1. The van der Waals surface area contributed by atoms with Gasteiger partial charge in [-0.15, -0.1) is 10.2 Å². The zero-order valence-corrected chi connectivity index (χ0v) is 17.7. The first-order valence-corrected chi connectivity index (χ1v) is 10.3. The summed E-state index contributed by atoms with van der Waals surface area (Å²) in [5.74, 6) is 1.70. The maximum atomic E-state index is 12.8. The van der Waals surface area contributed by atoms with Crippen LogP contribution < -0.4 is 14.8 Å². The van der Waals surface area contributed by atoms with Crippen LogP contribution in [-0.4, -0.2) is 39.4 Å². The average molecular weight is 423 g/mol. The third kappa shape index (κ3) is 3.97. The first-order valence-electron chi connectivity index (χ1n) is 9.50. The number of rotatable bonds is 7. The minimum Gasteiger partial charge on any atom is -0.495 e. The number of fused-ring (bicyclic) bond motifs is 1. The summed E-state index contributed by atoms with van der Waals surface area (Å²) >= 11 is 1.43. The quantitative estimate of drug-likeness (QED) is 0.479. The fraction of sp³-hybridized carbons (Fsp3) is 0.238. The number of aryl methyl sites for hydroxylation is 1. The summed E-state index contributed by atoms with van der Waals surface area (Å²) in [7, 11) is 1.57. The van der Waals surface area contributed by atoms with E-state index in [2.05, 4.69) is 20.6 Å². The average Bonchev–Trinajstić information content (AvgIpc) is 3.34. The summed E-state index contributed by atoms with van der Waals surface area (Å²) in [5.41, 5.74) is 1.91. The van der Waals surface area contributed by atoms with Crippen LogP contribution in [0, 0.1) is 6.92 Å². The van der Waals surface area contributed by atoms with E-state index in [0.29, 0.717) is 34.3 Å². The predicted molar refractivity (Wildman–Crippen MR) is 116 cm³/mol. The maximum absolute atomic E-state index is 12.8. The molecule has 0 atom stereocenters. The van der Waals surface area contributed by atoms with Crippen molar-refractivity contribution in [3.05, 3.63) is 53.9 Å². The molecule has 0 spiro atoms. The van der Waals surface area contributed by atoms with Crippen LogP contribution in [0.3, 0.4) is 0 Å². The molecule has 2 aromatic heterocycles. The van der Waals surface area contributed by atoms with E-state index in [1.54, 1.807) is 35.9 Å². The monoisotopic (exact) mass is 423 g/mol. The molecule has 9 heteroatoms. The van der Waals surface area contributed by atoms with E-state index in [1.165, 1.54) is 11.3 Å².